The maximum Gasteiger partial charge on any atom is 0.164 e. The van der Waals surface area contributed by atoms with E-state index in [2.05, 4.69) is 40.5 Å². The molecule has 1 aliphatic carbocycles. The van der Waals surface area contributed by atoms with Crippen LogP contribution in [0.1, 0.15) is 46.4 Å². The molecule has 5 heteroatoms. The van der Waals surface area contributed by atoms with Crippen LogP contribution in [0.25, 0.3) is 11.7 Å². The lowest BCUT2D eigenvalue weighted by molar-refractivity contribution is 0.112. The number of aryl methyl sites for hydroxylation is 1. The number of aromatic nitrogens is 3. The quantitative estimate of drug-likeness (QED) is 0.568. The number of carbonyl (C=O) groups is 1. The summed E-state index contributed by atoms with van der Waals surface area (Å²) < 4.78 is 1.83. The van der Waals surface area contributed by atoms with Gasteiger partial charge in [0.1, 0.15) is 6.29 Å². The van der Waals surface area contributed by atoms with Crippen molar-refractivity contribution in [2.45, 2.75) is 26.2 Å². The second kappa shape index (κ2) is 7.67. The standard InChI is InChI=1S/C25H22N4O/c1-17-12-24-26-15-22-13-21(19-6-4-2-3-5-7-19)14-23(27-25(22)29(24)28-17)20-10-8-18(16-30)9-11-20/h2-4,6,8-13,15-16,19H,5,7,14H2,1H3. The third kappa shape index (κ3) is 3.43. The van der Waals surface area contributed by atoms with Crippen LogP contribution < -0.4 is 0 Å². The van der Waals surface area contributed by atoms with Crippen molar-refractivity contribution >= 4 is 29.5 Å². The van der Waals surface area contributed by atoms with Crippen LogP contribution in [0.15, 0.2) is 71.4 Å². The highest BCUT2D eigenvalue weighted by atomic mass is 16.1. The van der Waals surface area contributed by atoms with Crippen LogP contribution in [0.2, 0.25) is 0 Å². The number of aldehydes is 1. The number of hydrogen-bond acceptors (Lipinski definition) is 4. The van der Waals surface area contributed by atoms with E-state index in [1.165, 1.54) is 5.57 Å². The molecule has 1 atom stereocenters. The Bertz CT molecular complexity index is 1240. The van der Waals surface area contributed by atoms with E-state index < -0.39 is 0 Å². The highest BCUT2D eigenvalue weighted by molar-refractivity contribution is 6.05. The number of aliphatic imine (C=N–C) groups is 1. The first-order chi connectivity index (χ1) is 14.7. The third-order valence-electron chi connectivity index (χ3n) is 5.65. The van der Waals surface area contributed by atoms with Gasteiger partial charge in [-0.1, -0.05) is 54.1 Å². The predicted octanol–water partition coefficient (Wildman–Crippen LogP) is 5.28. The Kier molecular flexibility index (Phi) is 4.71. The first-order valence-corrected chi connectivity index (χ1v) is 10.2. The number of fused-ring (bicyclic) bond motifs is 3. The summed E-state index contributed by atoms with van der Waals surface area (Å²) in [4.78, 5) is 20.7. The molecule has 1 unspecified atom stereocenters. The molecule has 0 spiro atoms. The van der Waals surface area contributed by atoms with E-state index in [0.717, 1.165) is 59.5 Å². The summed E-state index contributed by atoms with van der Waals surface area (Å²) in [6, 6.07) is 9.60. The van der Waals surface area contributed by atoms with Crippen molar-refractivity contribution in [2.24, 2.45) is 10.9 Å². The molecule has 0 fully saturated rings. The third-order valence-corrected chi connectivity index (χ3v) is 5.65. The van der Waals surface area contributed by atoms with E-state index >= 15 is 0 Å². The van der Waals surface area contributed by atoms with Crippen LogP contribution >= 0.6 is 0 Å². The summed E-state index contributed by atoms with van der Waals surface area (Å²) in [5.74, 6) is 1.15. The largest absolute Gasteiger partial charge is 0.298 e. The maximum absolute atomic E-state index is 11.1. The summed E-state index contributed by atoms with van der Waals surface area (Å²) >= 11 is 0. The molecule has 1 aliphatic heterocycles. The van der Waals surface area contributed by atoms with Gasteiger partial charge >= 0.3 is 0 Å². The zero-order valence-corrected chi connectivity index (χ0v) is 16.8. The van der Waals surface area contributed by atoms with Crippen LogP contribution in [-0.4, -0.2) is 26.6 Å². The molecule has 0 amide bonds. The van der Waals surface area contributed by atoms with Gasteiger partial charge in [0.15, 0.2) is 11.5 Å². The Labute approximate surface area is 175 Å². The van der Waals surface area contributed by atoms with Crippen molar-refractivity contribution in [3.8, 4) is 0 Å². The molecule has 2 aromatic heterocycles. The van der Waals surface area contributed by atoms with Crippen LogP contribution in [0, 0.1) is 12.8 Å². The summed E-state index contributed by atoms with van der Waals surface area (Å²) in [5.41, 5.74) is 6.65. The van der Waals surface area contributed by atoms with Gasteiger partial charge < -0.3 is 0 Å². The van der Waals surface area contributed by atoms with E-state index in [4.69, 9.17) is 4.99 Å². The highest BCUT2D eigenvalue weighted by Crippen LogP contribution is 2.34. The van der Waals surface area contributed by atoms with Crippen LogP contribution in [0.3, 0.4) is 0 Å². The summed E-state index contributed by atoms with van der Waals surface area (Å²) in [6.07, 6.45) is 16.6. The van der Waals surface area contributed by atoms with Crippen molar-refractivity contribution in [2.75, 3.05) is 0 Å². The molecule has 0 saturated carbocycles. The molecule has 5 rings (SSSR count). The van der Waals surface area contributed by atoms with Crippen molar-refractivity contribution < 1.29 is 4.79 Å². The molecule has 0 radical (unpaired) electrons. The van der Waals surface area contributed by atoms with Gasteiger partial charge in [-0.05, 0) is 37.3 Å². The molecule has 3 aromatic rings. The lowest BCUT2D eigenvalue weighted by Crippen LogP contribution is -2.08. The smallest absolute Gasteiger partial charge is 0.164 e. The van der Waals surface area contributed by atoms with E-state index in [1.54, 1.807) is 0 Å². The molecule has 148 valence electrons. The Morgan fingerprint density at radius 3 is 2.87 bits per heavy atom. The number of nitrogens with zero attached hydrogens (tertiary/aromatic N) is 4. The minimum Gasteiger partial charge on any atom is -0.298 e. The van der Waals surface area contributed by atoms with Crippen LogP contribution in [0.4, 0.5) is 5.82 Å². The average Bonchev–Trinajstić information content (AvgIpc) is 2.94. The fraction of sp³-hybridized carbons (Fsp3) is 0.200. The number of hydrogen-bond donors (Lipinski definition) is 0. The van der Waals surface area contributed by atoms with Crippen molar-refractivity contribution in [1.82, 2.24) is 14.6 Å². The van der Waals surface area contributed by atoms with Gasteiger partial charge in [-0.25, -0.2) is 9.98 Å². The summed E-state index contributed by atoms with van der Waals surface area (Å²) in [6.45, 7) is 1.96. The number of benzene rings is 1. The van der Waals surface area contributed by atoms with Gasteiger partial charge in [-0.15, -0.1) is 0 Å². The molecular formula is C25H22N4O. The molecule has 0 saturated heterocycles. The van der Waals surface area contributed by atoms with Gasteiger partial charge in [0.05, 0.1) is 11.4 Å². The lowest BCUT2D eigenvalue weighted by Gasteiger charge is -2.16. The Balaban J connectivity index is 1.68. The molecular weight excluding hydrogens is 372 g/mol. The van der Waals surface area contributed by atoms with E-state index in [-0.39, 0.29) is 0 Å². The van der Waals surface area contributed by atoms with Crippen LogP contribution in [0.5, 0.6) is 0 Å². The highest BCUT2D eigenvalue weighted by Gasteiger charge is 2.21. The summed E-state index contributed by atoms with van der Waals surface area (Å²) in [7, 11) is 0. The minimum absolute atomic E-state index is 0.348. The normalized spacial score (nSPS) is 18.4. The van der Waals surface area contributed by atoms with Gasteiger partial charge in [0.25, 0.3) is 0 Å². The molecule has 3 heterocycles. The van der Waals surface area contributed by atoms with Gasteiger partial charge in [0.2, 0.25) is 0 Å². The first-order valence-electron chi connectivity index (χ1n) is 10.2. The second-order valence-electron chi connectivity index (χ2n) is 7.78. The topological polar surface area (TPSA) is 59.6 Å². The average molecular weight is 394 g/mol. The zero-order valence-electron chi connectivity index (χ0n) is 16.8. The lowest BCUT2D eigenvalue weighted by atomic mass is 9.88. The SMILES string of the molecule is Cc1cc2ncc3c(n2n1)N=C(c1ccc(C=O)cc1)CC(C1C=CC=CCC1)=C3. The van der Waals surface area contributed by atoms with Crippen molar-refractivity contribution in [3.63, 3.8) is 0 Å². The number of rotatable bonds is 3. The van der Waals surface area contributed by atoms with Crippen LogP contribution in [-0.2, 0) is 0 Å². The minimum atomic E-state index is 0.348. The Morgan fingerprint density at radius 2 is 2.03 bits per heavy atom. The predicted molar refractivity (Wildman–Crippen MR) is 119 cm³/mol. The molecule has 30 heavy (non-hydrogen) atoms. The van der Waals surface area contributed by atoms with E-state index in [0.29, 0.717) is 11.5 Å². The zero-order chi connectivity index (χ0) is 20.5. The fourth-order valence-electron chi connectivity index (χ4n) is 4.09. The van der Waals surface area contributed by atoms with Gasteiger partial charge in [-0.2, -0.15) is 9.61 Å². The molecule has 2 aliphatic rings. The van der Waals surface area contributed by atoms with E-state index in [1.807, 2.05) is 48.0 Å². The number of allylic oxidation sites excluding steroid dienone is 5. The monoisotopic (exact) mass is 394 g/mol. The van der Waals surface area contributed by atoms with Crippen molar-refractivity contribution in [3.05, 3.63) is 88.8 Å². The second-order valence-corrected chi connectivity index (χ2v) is 7.78. The van der Waals surface area contributed by atoms with Gasteiger partial charge in [0, 0.05) is 29.8 Å². The molecule has 0 bridgehead atoms. The van der Waals surface area contributed by atoms with Crippen molar-refractivity contribution in [1.29, 1.82) is 0 Å². The van der Waals surface area contributed by atoms with E-state index in [9.17, 15) is 4.79 Å². The first kappa shape index (κ1) is 18.4. The Morgan fingerprint density at radius 1 is 1.17 bits per heavy atom. The molecule has 5 nitrogen and oxygen atoms in total. The Hall–Kier alpha value is -3.60. The molecule has 1 aromatic carbocycles. The number of carbonyl (C=O) groups excluding carboxylic acids is 1. The maximum atomic E-state index is 11.1. The van der Waals surface area contributed by atoms with Gasteiger partial charge in [-0.3, -0.25) is 4.79 Å². The fourth-order valence-corrected chi connectivity index (χ4v) is 4.09. The molecule has 0 N–H and O–H groups in total. The summed E-state index contributed by atoms with van der Waals surface area (Å²) in [5, 5.41) is 4.62.